The second-order valence-corrected chi connectivity index (χ2v) is 4.92. The van der Waals surface area contributed by atoms with Crippen LogP contribution < -0.4 is 0 Å². The van der Waals surface area contributed by atoms with Gasteiger partial charge in [0.25, 0.3) is 0 Å². The molecular formula is C13H16N2O2. The van der Waals surface area contributed by atoms with Crippen molar-refractivity contribution in [3.8, 4) is 0 Å². The Morgan fingerprint density at radius 1 is 1.29 bits per heavy atom. The van der Waals surface area contributed by atoms with E-state index in [2.05, 4.69) is 4.98 Å². The zero-order valence-corrected chi connectivity index (χ0v) is 10.5. The topological polar surface area (TPSA) is 44.1 Å². The minimum atomic E-state index is -0.406. The SMILES string of the molecule is COC(=O)c1nc2ccccc2n1C(C)(C)C. The van der Waals surface area contributed by atoms with E-state index in [-0.39, 0.29) is 5.54 Å². The lowest BCUT2D eigenvalue weighted by molar-refractivity contribution is 0.0575. The molecule has 0 aliphatic heterocycles. The van der Waals surface area contributed by atoms with E-state index < -0.39 is 5.97 Å². The van der Waals surface area contributed by atoms with E-state index in [1.165, 1.54) is 7.11 Å². The molecule has 1 heterocycles. The van der Waals surface area contributed by atoms with Crippen molar-refractivity contribution in [1.29, 1.82) is 0 Å². The van der Waals surface area contributed by atoms with Crippen molar-refractivity contribution >= 4 is 17.0 Å². The van der Waals surface area contributed by atoms with E-state index in [1.54, 1.807) is 0 Å². The van der Waals surface area contributed by atoms with E-state index in [1.807, 2.05) is 49.6 Å². The summed E-state index contributed by atoms with van der Waals surface area (Å²) in [5, 5.41) is 0. The number of methoxy groups -OCH3 is 1. The first kappa shape index (κ1) is 11.6. The van der Waals surface area contributed by atoms with Crippen molar-refractivity contribution in [2.75, 3.05) is 7.11 Å². The van der Waals surface area contributed by atoms with Crippen LogP contribution in [0.15, 0.2) is 24.3 Å². The minimum Gasteiger partial charge on any atom is -0.463 e. The molecule has 0 aliphatic rings. The summed E-state index contributed by atoms with van der Waals surface area (Å²) in [6.07, 6.45) is 0. The van der Waals surface area contributed by atoms with Crippen LogP contribution in [0.25, 0.3) is 11.0 Å². The molecule has 0 saturated carbocycles. The molecule has 0 N–H and O–H groups in total. The lowest BCUT2D eigenvalue weighted by Gasteiger charge is -2.23. The third-order valence-electron chi connectivity index (χ3n) is 2.60. The summed E-state index contributed by atoms with van der Waals surface area (Å²) in [5.74, 6) is -0.0580. The molecule has 1 aromatic carbocycles. The number of carbonyl (C=O) groups is 1. The van der Waals surface area contributed by atoms with Gasteiger partial charge in [-0.25, -0.2) is 9.78 Å². The lowest BCUT2D eigenvalue weighted by Crippen LogP contribution is -2.26. The van der Waals surface area contributed by atoms with Crippen LogP contribution >= 0.6 is 0 Å². The number of hydrogen-bond acceptors (Lipinski definition) is 3. The largest absolute Gasteiger partial charge is 0.463 e. The third kappa shape index (κ3) is 1.90. The summed E-state index contributed by atoms with van der Waals surface area (Å²) in [6.45, 7) is 6.11. The van der Waals surface area contributed by atoms with Gasteiger partial charge in [-0.05, 0) is 32.9 Å². The fourth-order valence-corrected chi connectivity index (χ4v) is 1.93. The van der Waals surface area contributed by atoms with Gasteiger partial charge in [0, 0.05) is 5.54 Å². The van der Waals surface area contributed by atoms with Crippen LogP contribution in [0.1, 0.15) is 31.4 Å². The number of benzene rings is 1. The third-order valence-corrected chi connectivity index (χ3v) is 2.60. The lowest BCUT2D eigenvalue weighted by atomic mass is 10.1. The molecule has 1 aromatic heterocycles. The van der Waals surface area contributed by atoms with Gasteiger partial charge in [0.1, 0.15) is 0 Å². The average molecular weight is 232 g/mol. The predicted molar refractivity (Wildman–Crippen MR) is 66.1 cm³/mol. The van der Waals surface area contributed by atoms with Gasteiger partial charge in [-0.15, -0.1) is 0 Å². The summed E-state index contributed by atoms with van der Waals surface area (Å²) >= 11 is 0. The standard InChI is InChI=1S/C13H16N2O2/c1-13(2,3)15-10-8-6-5-7-9(10)14-11(15)12(16)17-4/h5-8H,1-4H3. The summed E-state index contributed by atoms with van der Waals surface area (Å²) in [5.41, 5.74) is 1.53. The van der Waals surface area contributed by atoms with Crippen LogP contribution in [0.3, 0.4) is 0 Å². The van der Waals surface area contributed by atoms with Crippen molar-refractivity contribution in [1.82, 2.24) is 9.55 Å². The fourth-order valence-electron chi connectivity index (χ4n) is 1.93. The number of carbonyl (C=O) groups excluding carboxylic acids is 1. The molecule has 4 nitrogen and oxygen atoms in total. The highest BCUT2D eigenvalue weighted by Gasteiger charge is 2.25. The van der Waals surface area contributed by atoms with Crippen molar-refractivity contribution < 1.29 is 9.53 Å². The Morgan fingerprint density at radius 2 is 1.94 bits per heavy atom. The van der Waals surface area contributed by atoms with Crippen LogP contribution in [0, 0.1) is 0 Å². The van der Waals surface area contributed by atoms with Crippen LogP contribution in [0.5, 0.6) is 0 Å². The van der Waals surface area contributed by atoms with E-state index >= 15 is 0 Å². The maximum Gasteiger partial charge on any atom is 0.374 e. The van der Waals surface area contributed by atoms with Gasteiger partial charge in [0.05, 0.1) is 18.1 Å². The molecule has 17 heavy (non-hydrogen) atoms. The first-order valence-electron chi connectivity index (χ1n) is 5.51. The highest BCUT2D eigenvalue weighted by atomic mass is 16.5. The Hall–Kier alpha value is -1.84. The maximum absolute atomic E-state index is 11.7. The number of aromatic nitrogens is 2. The zero-order valence-electron chi connectivity index (χ0n) is 10.5. The first-order valence-corrected chi connectivity index (χ1v) is 5.51. The normalized spacial score (nSPS) is 11.8. The number of rotatable bonds is 1. The van der Waals surface area contributed by atoms with Crippen LogP contribution in [-0.2, 0) is 10.3 Å². The smallest absolute Gasteiger partial charge is 0.374 e. The van der Waals surface area contributed by atoms with Gasteiger partial charge in [0.2, 0.25) is 5.82 Å². The van der Waals surface area contributed by atoms with Gasteiger partial charge in [-0.2, -0.15) is 0 Å². The fraction of sp³-hybridized carbons (Fsp3) is 0.385. The predicted octanol–water partition coefficient (Wildman–Crippen LogP) is 2.58. The van der Waals surface area contributed by atoms with Crippen LogP contribution in [-0.4, -0.2) is 22.6 Å². The average Bonchev–Trinajstić information content (AvgIpc) is 2.66. The van der Waals surface area contributed by atoms with Gasteiger partial charge in [-0.3, -0.25) is 0 Å². The Bertz CT molecular complexity index is 564. The summed E-state index contributed by atoms with van der Waals surface area (Å²) < 4.78 is 6.69. The maximum atomic E-state index is 11.7. The van der Waals surface area contributed by atoms with E-state index in [4.69, 9.17) is 4.74 Å². The minimum absolute atomic E-state index is 0.223. The molecule has 90 valence electrons. The monoisotopic (exact) mass is 232 g/mol. The Balaban J connectivity index is 2.79. The highest BCUT2D eigenvalue weighted by Crippen LogP contribution is 2.25. The molecule has 0 atom stereocenters. The molecule has 0 bridgehead atoms. The molecule has 0 fully saturated rings. The van der Waals surface area contributed by atoms with E-state index in [0.29, 0.717) is 5.82 Å². The molecule has 2 aromatic rings. The highest BCUT2D eigenvalue weighted by molar-refractivity contribution is 5.91. The molecule has 0 unspecified atom stereocenters. The summed E-state index contributed by atoms with van der Waals surface area (Å²) in [4.78, 5) is 16.1. The summed E-state index contributed by atoms with van der Waals surface area (Å²) in [7, 11) is 1.37. The number of esters is 1. The van der Waals surface area contributed by atoms with Crippen LogP contribution in [0.2, 0.25) is 0 Å². The van der Waals surface area contributed by atoms with Gasteiger partial charge >= 0.3 is 5.97 Å². The van der Waals surface area contributed by atoms with Crippen molar-refractivity contribution in [2.45, 2.75) is 26.3 Å². The number of hydrogen-bond donors (Lipinski definition) is 0. The zero-order chi connectivity index (χ0) is 12.6. The van der Waals surface area contributed by atoms with Gasteiger partial charge in [0.15, 0.2) is 0 Å². The van der Waals surface area contributed by atoms with Gasteiger partial charge in [-0.1, -0.05) is 12.1 Å². The van der Waals surface area contributed by atoms with E-state index in [0.717, 1.165) is 11.0 Å². The molecular weight excluding hydrogens is 216 g/mol. The molecule has 0 saturated heterocycles. The number of ether oxygens (including phenoxy) is 1. The number of nitrogens with zero attached hydrogens (tertiary/aromatic N) is 2. The molecule has 0 spiro atoms. The number of para-hydroxylation sites is 2. The second-order valence-electron chi connectivity index (χ2n) is 4.92. The molecule has 0 amide bonds. The molecule has 2 rings (SSSR count). The number of fused-ring (bicyclic) bond motifs is 1. The summed E-state index contributed by atoms with van der Waals surface area (Å²) in [6, 6.07) is 7.70. The number of imidazole rings is 1. The Morgan fingerprint density at radius 3 is 2.53 bits per heavy atom. The Labute approximate surface area is 100 Å². The Kier molecular flexibility index (Phi) is 2.65. The van der Waals surface area contributed by atoms with Crippen molar-refractivity contribution in [2.24, 2.45) is 0 Å². The quantitative estimate of drug-likeness (QED) is 0.710. The van der Waals surface area contributed by atoms with Crippen molar-refractivity contribution in [3.63, 3.8) is 0 Å². The molecule has 0 radical (unpaired) electrons. The van der Waals surface area contributed by atoms with E-state index in [9.17, 15) is 4.79 Å². The second kappa shape index (κ2) is 3.87. The molecule has 4 heteroatoms. The van der Waals surface area contributed by atoms with Crippen molar-refractivity contribution in [3.05, 3.63) is 30.1 Å². The molecule has 0 aliphatic carbocycles. The van der Waals surface area contributed by atoms with Gasteiger partial charge < -0.3 is 9.30 Å². The first-order chi connectivity index (χ1) is 7.95. The van der Waals surface area contributed by atoms with Crippen LogP contribution in [0.4, 0.5) is 0 Å².